The fourth-order valence-corrected chi connectivity index (χ4v) is 4.36. The highest BCUT2D eigenvalue weighted by molar-refractivity contribution is 6.35. The van der Waals surface area contributed by atoms with Crippen LogP contribution in [0.4, 0.5) is 0 Å². The van der Waals surface area contributed by atoms with Crippen molar-refractivity contribution in [2.24, 2.45) is 5.10 Å². The van der Waals surface area contributed by atoms with E-state index in [-0.39, 0.29) is 6.04 Å². The van der Waals surface area contributed by atoms with Crippen LogP contribution >= 0.6 is 23.2 Å². The number of fused-ring (bicyclic) bond motifs is 3. The Hall–Kier alpha value is -2.49. The molecule has 3 aromatic rings. The molecule has 0 saturated carbocycles. The summed E-state index contributed by atoms with van der Waals surface area (Å²) in [6, 6.07) is 22.3. The zero-order valence-corrected chi connectivity index (χ0v) is 16.8. The highest BCUT2D eigenvalue weighted by Crippen LogP contribution is 2.48. The molecule has 0 radical (unpaired) electrons. The number of ether oxygens (including phenoxy) is 1. The van der Waals surface area contributed by atoms with E-state index >= 15 is 0 Å². The van der Waals surface area contributed by atoms with Gasteiger partial charge in [0, 0.05) is 22.6 Å². The number of hydrogen-bond acceptors (Lipinski definition) is 3. The summed E-state index contributed by atoms with van der Waals surface area (Å²) in [6.45, 7) is 2.09. The van der Waals surface area contributed by atoms with Gasteiger partial charge in [-0.1, -0.05) is 77.3 Å². The normalized spacial score (nSPS) is 20.2. The summed E-state index contributed by atoms with van der Waals surface area (Å²) in [7, 11) is 0. The van der Waals surface area contributed by atoms with Crippen LogP contribution in [0.1, 0.15) is 40.9 Å². The molecule has 0 amide bonds. The molecule has 5 heteroatoms. The fourth-order valence-electron chi connectivity index (χ4n) is 3.86. The van der Waals surface area contributed by atoms with Gasteiger partial charge in [0.2, 0.25) is 6.23 Å². The zero-order chi connectivity index (χ0) is 19.3. The predicted octanol–water partition coefficient (Wildman–Crippen LogP) is 6.54. The fraction of sp³-hybridized carbons (Fsp3) is 0.174. The van der Waals surface area contributed by atoms with Crippen molar-refractivity contribution in [1.82, 2.24) is 5.01 Å². The average Bonchev–Trinajstić information content (AvgIpc) is 3.14. The summed E-state index contributed by atoms with van der Waals surface area (Å²) in [5, 5.41) is 8.18. The number of benzene rings is 3. The lowest BCUT2D eigenvalue weighted by Gasteiger charge is -2.38. The Kier molecular flexibility index (Phi) is 4.30. The Morgan fingerprint density at radius 2 is 1.75 bits per heavy atom. The molecular weight excluding hydrogens is 391 g/mol. The Labute approximate surface area is 174 Å². The van der Waals surface area contributed by atoms with E-state index in [2.05, 4.69) is 37.3 Å². The van der Waals surface area contributed by atoms with E-state index in [0.29, 0.717) is 10.0 Å². The van der Waals surface area contributed by atoms with Crippen molar-refractivity contribution >= 4 is 28.9 Å². The summed E-state index contributed by atoms with van der Waals surface area (Å²) < 4.78 is 6.35. The molecule has 3 aromatic carbocycles. The van der Waals surface area contributed by atoms with Gasteiger partial charge in [0.25, 0.3) is 0 Å². The highest BCUT2D eigenvalue weighted by atomic mass is 35.5. The molecule has 2 heterocycles. The van der Waals surface area contributed by atoms with Crippen LogP contribution < -0.4 is 4.74 Å². The molecule has 5 rings (SSSR count). The van der Waals surface area contributed by atoms with Crippen LogP contribution in [0.2, 0.25) is 10.0 Å². The number of nitrogens with zero attached hydrogens (tertiary/aromatic N) is 2. The second-order valence-corrected chi connectivity index (χ2v) is 8.03. The molecular formula is C23H18Cl2N2O. The molecule has 0 fully saturated rings. The molecule has 0 saturated heterocycles. The minimum atomic E-state index is -0.396. The van der Waals surface area contributed by atoms with Crippen molar-refractivity contribution in [3.63, 3.8) is 0 Å². The largest absolute Gasteiger partial charge is 0.464 e. The third kappa shape index (κ3) is 2.95. The van der Waals surface area contributed by atoms with Crippen molar-refractivity contribution in [3.05, 3.63) is 99.0 Å². The summed E-state index contributed by atoms with van der Waals surface area (Å²) in [6.07, 6.45) is 0.429. The summed E-state index contributed by atoms with van der Waals surface area (Å²) >= 11 is 12.6. The van der Waals surface area contributed by atoms with Gasteiger partial charge < -0.3 is 4.74 Å². The van der Waals surface area contributed by atoms with Crippen molar-refractivity contribution < 1.29 is 4.74 Å². The van der Waals surface area contributed by atoms with Crippen molar-refractivity contribution in [2.45, 2.75) is 25.6 Å². The van der Waals surface area contributed by atoms with E-state index in [4.69, 9.17) is 33.0 Å². The molecule has 0 aliphatic carbocycles. The third-order valence-electron chi connectivity index (χ3n) is 5.31. The Morgan fingerprint density at radius 1 is 0.964 bits per heavy atom. The van der Waals surface area contributed by atoms with Gasteiger partial charge in [-0.15, -0.1) is 0 Å². The van der Waals surface area contributed by atoms with Crippen LogP contribution in [0.25, 0.3) is 0 Å². The number of aryl methyl sites for hydroxylation is 1. The summed E-state index contributed by atoms with van der Waals surface area (Å²) in [5.74, 6) is 0.875. The number of rotatable bonds is 2. The van der Waals surface area contributed by atoms with E-state index in [0.717, 1.165) is 34.6 Å². The van der Waals surface area contributed by atoms with Gasteiger partial charge in [0.1, 0.15) is 5.75 Å². The van der Waals surface area contributed by atoms with Crippen molar-refractivity contribution in [1.29, 1.82) is 0 Å². The number of hydrazone groups is 1. The topological polar surface area (TPSA) is 24.8 Å². The lowest BCUT2D eigenvalue weighted by atomic mass is 9.95. The van der Waals surface area contributed by atoms with Crippen LogP contribution in [0, 0.1) is 6.92 Å². The average molecular weight is 409 g/mol. The number of para-hydroxylation sites is 1. The van der Waals surface area contributed by atoms with Gasteiger partial charge in [0.05, 0.1) is 16.8 Å². The first kappa shape index (κ1) is 17.6. The molecule has 2 aliphatic rings. The zero-order valence-electron chi connectivity index (χ0n) is 15.3. The molecule has 0 aromatic heterocycles. The first-order chi connectivity index (χ1) is 13.6. The SMILES string of the molecule is Cc1ccc(C2=NN3[C@@H](c4ccc(Cl)cc4Cl)Oc4ccccc4[C@@H]3C2)cc1. The maximum Gasteiger partial charge on any atom is 0.215 e. The predicted molar refractivity (Wildman–Crippen MR) is 113 cm³/mol. The van der Waals surface area contributed by atoms with Crippen LogP contribution in [0.15, 0.2) is 71.8 Å². The second kappa shape index (κ2) is 6.84. The first-order valence-electron chi connectivity index (χ1n) is 9.23. The van der Waals surface area contributed by atoms with Gasteiger partial charge in [-0.2, -0.15) is 5.10 Å². The minimum Gasteiger partial charge on any atom is -0.464 e. The second-order valence-electron chi connectivity index (χ2n) is 7.19. The molecule has 2 atom stereocenters. The van der Waals surface area contributed by atoms with E-state index < -0.39 is 6.23 Å². The van der Waals surface area contributed by atoms with Gasteiger partial charge in [-0.05, 0) is 30.7 Å². The summed E-state index contributed by atoms with van der Waals surface area (Å²) in [5.41, 5.74) is 5.44. The molecule has 0 bridgehead atoms. The molecule has 140 valence electrons. The van der Waals surface area contributed by atoms with Crippen molar-refractivity contribution in [2.75, 3.05) is 0 Å². The Bertz CT molecular complexity index is 1080. The summed E-state index contributed by atoms with van der Waals surface area (Å²) in [4.78, 5) is 0. The molecule has 3 nitrogen and oxygen atoms in total. The number of hydrogen-bond donors (Lipinski definition) is 0. The lowest BCUT2D eigenvalue weighted by Crippen LogP contribution is -2.33. The molecule has 2 aliphatic heterocycles. The quantitative estimate of drug-likeness (QED) is 0.480. The van der Waals surface area contributed by atoms with Crippen LogP contribution in [0.3, 0.4) is 0 Å². The Morgan fingerprint density at radius 3 is 2.54 bits per heavy atom. The van der Waals surface area contributed by atoms with Crippen LogP contribution in [-0.2, 0) is 0 Å². The standard InChI is InChI=1S/C23H18Cl2N2O/c1-14-6-8-15(9-7-14)20-13-21-18-4-2-3-5-22(18)28-23(27(21)26-20)17-11-10-16(24)12-19(17)25/h2-12,21,23H,13H2,1H3/t21-,23+/m0/s1. The van der Waals surface area contributed by atoms with E-state index in [1.165, 1.54) is 5.56 Å². The monoisotopic (exact) mass is 408 g/mol. The maximum absolute atomic E-state index is 6.51. The smallest absolute Gasteiger partial charge is 0.215 e. The lowest BCUT2D eigenvalue weighted by molar-refractivity contribution is -0.0189. The van der Waals surface area contributed by atoms with E-state index in [9.17, 15) is 0 Å². The molecule has 28 heavy (non-hydrogen) atoms. The molecule has 0 unspecified atom stereocenters. The van der Waals surface area contributed by atoms with E-state index in [1.807, 2.05) is 35.3 Å². The first-order valence-corrected chi connectivity index (χ1v) is 9.99. The van der Waals surface area contributed by atoms with Crippen molar-refractivity contribution in [3.8, 4) is 5.75 Å². The van der Waals surface area contributed by atoms with Gasteiger partial charge in [-0.25, -0.2) is 5.01 Å². The molecule has 0 N–H and O–H groups in total. The number of halogens is 2. The van der Waals surface area contributed by atoms with Gasteiger partial charge in [0.15, 0.2) is 0 Å². The highest BCUT2D eigenvalue weighted by Gasteiger charge is 2.41. The van der Waals surface area contributed by atoms with Gasteiger partial charge in [-0.3, -0.25) is 0 Å². The van der Waals surface area contributed by atoms with E-state index in [1.54, 1.807) is 6.07 Å². The molecule has 0 spiro atoms. The maximum atomic E-state index is 6.51. The van der Waals surface area contributed by atoms with Crippen LogP contribution in [-0.4, -0.2) is 10.7 Å². The Balaban J connectivity index is 1.61. The third-order valence-corrected chi connectivity index (χ3v) is 5.87. The van der Waals surface area contributed by atoms with Crippen LogP contribution in [0.5, 0.6) is 5.75 Å². The van der Waals surface area contributed by atoms with Gasteiger partial charge >= 0.3 is 0 Å². The minimum absolute atomic E-state index is 0.109.